The maximum absolute atomic E-state index is 11.3. The van der Waals surface area contributed by atoms with Crippen LogP contribution in [-0.4, -0.2) is 17.7 Å². The zero-order valence-electron chi connectivity index (χ0n) is 7.86. The van der Waals surface area contributed by atoms with Gasteiger partial charge in [0, 0.05) is 6.04 Å². The first-order valence-electron chi connectivity index (χ1n) is 4.74. The van der Waals surface area contributed by atoms with Gasteiger partial charge in [0.25, 0.3) is 0 Å². The Labute approximate surface area is 87.2 Å². The Balaban J connectivity index is 1.60. The van der Waals surface area contributed by atoms with Crippen LogP contribution in [0.2, 0.25) is 0 Å². The Hall–Kier alpha value is -0.900. The Kier molecular flexibility index (Phi) is 3.14. The van der Waals surface area contributed by atoms with E-state index in [0.29, 0.717) is 11.8 Å². The second-order valence-corrected chi connectivity index (χ2v) is 4.40. The predicted octanol–water partition coefficient (Wildman–Crippen LogP) is 1.79. The third-order valence-electron chi connectivity index (χ3n) is 2.00. The molecule has 1 aromatic rings. The van der Waals surface area contributed by atoms with E-state index in [4.69, 9.17) is 4.42 Å². The number of hydrogen-bond acceptors (Lipinski definition) is 3. The summed E-state index contributed by atoms with van der Waals surface area (Å²) in [5.41, 5.74) is 0. The highest BCUT2D eigenvalue weighted by Crippen LogP contribution is 2.19. The quantitative estimate of drug-likeness (QED) is 0.807. The number of carbonyl (C=O) groups is 1. The fraction of sp³-hybridized carbons (Fsp3) is 0.500. The van der Waals surface area contributed by atoms with E-state index in [2.05, 4.69) is 5.32 Å². The maximum Gasteiger partial charge on any atom is 0.230 e. The first kappa shape index (κ1) is 9.65. The topological polar surface area (TPSA) is 42.2 Å². The number of nitrogens with one attached hydrogen (secondary N) is 1. The minimum Gasteiger partial charge on any atom is -0.468 e. The van der Waals surface area contributed by atoms with Crippen LogP contribution in [0, 0.1) is 0 Å². The van der Waals surface area contributed by atoms with Crippen LogP contribution in [0.3, 0.4) is 0 Å². The molecule has 1 amide bonds. The molecule has 1 fully saturated rings. The van der Waals surface area contributed by atoms with E-state index in [1.807, 2.05) is 12.1 Å². The Bertz CT molecular complexity index is 293. The van der Waals surface area contributed by atoms with E-state index in [-0.39, 0.29) is 5.91 Å². The molecule has 1 N–H and O–H groups in total. The minimum atomic E-state index is 0.143. The van der Waals surface area contributed by atoms with E-state index in [9.17, 15) is 4.79 Å². The van der Waals surface area contributed by atoms with Crippen LogP contribution in [0.15, 0.2) is 22.8 Å². The summed E-state index contributed by atoms with van der Waals surface area (Å²) < 4.78 is 5.16. The lowest BCUT2D eigenvalue weighted by atomic mass is 10.5. The molecule has 4 heteroatoms. The number of hydrogen-bond donors (Lipinski definition) is 1. The van der Waals surface area contributed by atoms with Crippen LogP contribution in [0.5, 0.6) is 0 Å². The van der Waals surface area contributed by atoms with E-state index < -0.39 is 0 Å². The highest BCUT2D eigenvalue weighted by Gasteiger charge is 2.22. The number of thioether (sulfide) groups is 1. The molecule has 1 aromatic heterocycles. The van der Waals surface area contributed by atoms with Crippen molar-refractivity contribution in [1.82, 2.24) is 5.32 Å². The van der Waals surface area contributed by atoms with Gasteiger partial charge in [0.2, 0.25) is 5.91 Å². The predicted molar refractivity (Wildman–Crippen MR) is 56.0 cm³/mol. The molecule has 0 aliphatic heterocycles. The van der Waals surface area contributed by atoms with Crippen molar-refractivity contribution in [2.75, 3.05) is 5.75 Å². The first-order valence-corrected chi connectivity index (χ1v) is 5.89. The molecule has 2 rings (SSSR count). The number of furan rings is 1. The van der Waals surface area contributed by atoms with Crippen LogP contribution in [0.25, 0.3) is 0 Å². The largest absolute Gasteiger partial charge is 0.468 e. The fourth-order valence-electron chi connectivity index (χ4n) is 1.14. The van der Waals surface area contributed by atoms with Crippen LogP contribution in [0.4, 0.5) is 0 Å². The Morgan fingerprint density at radius 2 is 2.50 bits per heavy atom. The normalized spacial score (nSPS) is 15.4. The summed E-state index contributed by atoms with van der Waals surface area (Å²) in [6.45, 7) is 0. The van der Waals surface area contributed by atoms with Crippen molar-refractivity contribution >= 4 is 17.7 Å². The zero-order valence-corrected chi connectivity index (χ0v) is 8.68. The van der Waals surface area contributed by atoms with E-state index in [1.54, 1.807) is 18.0 Å². The molecule has 0 saturated heterocycles. The smallest absolute Gasteiger partial charge is 0.230 e. The lowest BCUT2D eigenvalue weighted by Crippen LogP contribution is -2.27. The van der Waals surface area contributed by atoms with Gasteiger partial charge >= 0.3 is 0 Å². The van der Waals surface area contributed by atoms with Crippen LogP contribution < -0.4 is 5.32 Å². The van der Waals surface area contributed by atoms with Crippen LogP contribution >= 0.6 is 11.8 Å². The molecule has 0 radical (unpaired) electrons. The third kappa shape index (κ3) is 3.10. The summed E-state index contributed by atoms with van der Waals surface area (Å²) in [4.78, 5) is 11.3. The molecule has 14 heavy (non-hydrogen) atoms. The average Bonchev–Trinajstić information content (AvgIpc) is 2.82. The van der Waals surface area contributed by atoms with Gasteiger partial charge in [0.15, 0.2) is 0 Å². The van der Waals surface area contributed by atoms with Gasteiger partial charge in [-0.2, -0.15) is 0 Å². The van der Waals surface area contributed by atoms with E-state index in [0.717, 1.165) is 24.4 Å². The summed E-state index contributed by atoms with van der Waals surface area (Å²) in [5.74, 6) is 2.36. The molecule has 1 aliphatic rings. The lowest BCUT2D eigenvalue weighted by molar-refractivity contribution is -0.118. The standard InChI is InChI=1S/C10H13NO2S/c12-10(11-8-3-4-8)7-14-6-9-2-1-5-13-9/h1-2,5,8H,3-4,6-7H2,(H,11,12). The zero-order chi connectivity index (χ0) is 9.80. The van der Waals surface area contributed by atoms with Gasteiger partial charge in [-0.15, -0.1) is 11.8 Å². The van der Waals surface area contributed by atoms with Crippen LogP contribution in [0.1, 0.15) is 18.6 Å². The summed E-state index contributed by atoms with van der Waals surface area (Å²) in [7, 11) is 0. The molecule has 3 nitrogen and oxygen atoms in total. The highest BCUT2D eigenvalue weighted by molar-refractivity contribution is 7.99. The van der Waals surface area contributed by atoms with E-state index >= 15 is 0 Å². The van der Waals surface area contributed by atoms with Gasteiger partial charge in [-0.25, -0.2) is 0 Å². The molecule has 0 atom stereocenters. The SMILES string of the molecule is O=C(CSCc1ccco1)NC1CC1. The summed E-state index contributed by atoms with van der Waals surface area (Å²) in [6.07, 6.45) is 3.95. The molecular weight excluding hydrogens is 198 g/mol. The van der Waals surface area contributed by atoms with Crippen molar-refractivity contribution in [1.29, 1.82) is 0 Å². The van der Waals surface area contributed by atoms with Crippen molar-refractivity contribution in [2.45, 2.75) is 24.6 Å². The first-order chi connectivity index (χ1) is 6.84. The van der Waals surface area contributed by atoms with E-state index in [1.165, 1.54) is 0 Å². The summed E-state index contributed by atoms with van der Waals surface area (Å²) >= 11 is 1.58. The Morgan fingerprint density at radius 1 is 1.64 bits per heavy atom. The summed E-state index contributed by atoms with van der Waals surface area (Å²) in [6, 6.07) is 4.25. The van der Waals surface area contributed by atoms with Gasteiger partial charge in [0.1, 0.15) is 5.76 Å². The second kappa shape index (κ2) is 4.55. The molecule has 1 aliphatic carbocycles. The van der Waals surface area contributed by atoms with Gasteiger partial charge in [-0.1, -0.05) is 0 Å². The molecule has 0 spiro atoms. The lowest BCUT2D eigenvalue weighted by Gasteiger charge is -2.01. The monoisotopic (exact) mass is 211 g/mol. The van der Waals surface area contributed by atoms with Crippen molar-refractivity contribution < 1.29 is 9.21 Å². The Morgan fingerprint density at radius 3 is 3.14 bits per heavy atom. The van der Waals surface area contributed by atoms with Crippen molar-refractivity contribution in [2.24, 2.45) is 0 Å². The van der Waals surface area contributed by atoms with Crippen molar-refractivity contribution in [3.05, 3.63) is 24.2 Å². The van der Waals surface area contributed by atoms with Crippen molar-refractivity contribution in [3.63, 3.8) is 0 Å². The van der Waals surface area contributed by atoms with Gasteiger partial charge in [-0.3, -0.25) is 4.79 Å². The second-order valence-electron chi connectivity index (χ2n) is 3.41. The minimum absolute atomic E-state index is 0.143. The van der Waals surface area contributed by atoms with Gasteiger partial charge in [-0.05, 0) is 25.0 Å². The molecular formula is C10H13NO2S. The molecule has 0 aromatic carbocycles. The number of carbonyl (C=O) groups excluding carboxylic acids is 1. The van der Waals surface area contributed by atoms with Gasteiger partial charge in [0.05, 0.1) is 17.8 Å². The van der Waals surface area contributed by atoms with Crippen molar-refractivity contribution in [3.8, 4) is 0 Å². The molecule has 0 bridgehead atoms. The molecule has 1 saturated carbocycles. The third-order valence-corrected chi connectivity index (χ3v) is 2.95. The van der Waals surface area contributed by atoms with Crippen LogP contribution in [-0.2, 0) is 10.5 Å². The summed E-state index contributed by atoms with van der Waals surface area (Å²) in [5, 5.41) is 2.94. The fourth-order valence-corrected chi connectivity index (χ4v) is 1.87. The maximum atomic E-state index is 11.3. The molecule has 76 valence electrons. The van der Waals surface area contributed by atoms with Gasteiger partial charge < -0.3 is 9.73 Å². The number of amides is 1. The number of rotatable bonds is 5. The molecule has 0 unspecified atom stereocenters. The average molecular weight is 211 g/mol. The highest BCUT2D eigenvalue weighted by atomic mass is 32.2. The molecule has 1 heterocycles.